The fraction of sp³-hybridized carbons (Fsp3) is 0.333. The van der Waals surface area contributed by atoms with Crippen LogP contribution in [0, 0.1) is 0 Å². The zero-order valence-corrected chi connectivity index (χ0v) is 9.18. The number of carbonyl (C=O) groups excluding carboxylic acids is 2. The van der Waals surface area contributed by atoms with E-state index in [0.717, 1.165) is 5.56 Å². The number of nitrogens with two attached hydrogens (primary N) is 1. The van der Waals surface area contributed by atoms with E-state index < -0.39 is 12.0 Å². The van der Waals surface area contributed by atoms with Crippen LogP contribution in [0.4, 0.5) is 0 Å². The lowest BCUT2D eigenvalue weighted by Gasteiger charge is -2.09. The lowest BCUT2D eigenvalue weighted by atomic mass is 10.2. The maximum Gasteiger partial charge on any atom is 0.323 e. The van der Waals surface area contributed by atoms with Crippen molar-refractivity contribution < 1.29 is 14.3 Å². The summed E-state index contributed by atoms with van der Waals surface area (Å²) >= 11 is 0. The molecule has 86 valence electrons. The number of hydrogen-bond acceptors (Lipinski definition) is 4. The number of ether oxygens (including phenoxy) is 1. The summed E-state index contributed by atoms with van der Waals surface area (Å²) < 4.78 is 4.97. The van der Waals surface area contributed by atoms with Gasteiger partial charge in [0.1, 0.15) is 18.4 Å². The van der Waals surface area contributed by atoms with Crippen LogP contribution in [0.1, 0.15) is 18.9 Å². The minimum Gasteiger partial charge on any atom is -0.460 e. The van der Waals surface area contributed by atoms with Crippen molar-refractivity contribution in [2.24, 2.45) is 5.73 Å². The Morgan fingerprint density at radius 3 is 2.50 bits per heavy atom. The predicted molar refractivity (Wildman–Crippen MR) is 59.5 cm³/mol. The van der Waals surface area contributed by atoms with Crippen LogP contribution >= 0.6 is 0 Å². The molecule has 4 heteroatoms. The third-order valence-electron chi connectivity index (χ3n) is 2.03. The van der Waals surface area contributed by atoms with Crippen molar-refractivity contribution in [3.8, 4) is 0 Å². The molecule has 0 aromatic heterocycles. The third kappa shape index (κ3) is 4.23. The highest BCUT2D eigenvalue weighted by atomic mass is 16.5. The second-order valence-corrected chi connectivity index (χ2v) is 3.61. The normalized spacial score (nSPS) is 11.9. The summed E-state index contributed by atoms with van der Waals surface area (Å²) in [5.74, 6) is -0.664. The van der Waals surface area contributed by atoms with E-state index in [0.29, 0.717) is 0 Å². The van der Waals surface area contributed by atoms with Gasteiger partial charge in [0.25, 0.3) is 0 Å². The molecular weight excluding hydrogens is 206 g/mol. The van der Waals surface area contributed by atoms with Crippen molar-refractivity contribution in [3.63, 3.8) is 0 Å². The van der Waals surface area contributed by atoms with Crippen LogP contribution < -0.4 is 5.73 Å². The van der Waals surface area contributed by atoms with Gasteiger partial charge in [0.2, 0.25) is 0 Å². The molecule has 1 aromatic rings. The summed E-state index contributed by atoms with van der Waals surface area (Å²) in [7, 11) is 0. The Balaban J connectivity index is 2.38. The molecule has 0 amide bonds. The number of benzene rings is 1. The molecule has 0 spiro atoms. The second kappa shape index (κ2) is 6.02. The highest BCUT2D eigenvalue weighted by Crippen LogP contribution is 2.02. The zero-order valence-electron chi connectivity index (χ0n) is 9.18. The number of Topliss-reactive ketones (excluding diaryl/α,β-unsaturated/α-hetero) is 1. The summed E-state index contributed by atoms with van der Waals surface area (Å²) in [6.45, 7) is 1.58. The molecule has 0 saturated carbocycles. The van der Waals surface area contributed by atoms with E-state index in [1.807, 2.05) is 30.3 Å². The van der Waals surface area contributed by atoms with Crippen LogP contribution in [0.5, 0.6) is 0 Å². The van der Waals surface area contributed by atoms with Gasteiger partial charge < -0.3 is 10.5 Å². The van der Waals surface area contributed by atoms with E-state index in [1.54, 1.807) is 0 Å². The SMILES string of the molecule is CC(=O)C[C@@H](N)C(=O)OCc1ccccc1. The quantitative estimate of drug-likeness (QED) is 0.754. The molecular formula is C12H15NO3. The van der Waals surface area contributed by atoms with E-state index in [4.69, 9.17) is 10.5 Å². The molecule has 16 heavy (non-hydrogen) atoms. The summed E-state index contributed by atoms with van der Waals surface area (Å²) in [5.41, 5.74) is 6.38. The summed E-state index contributed by atoms with van der Waals surface area (Å²) in [5, 5.41) is 0. The minimum atomic E-state index is -0.860. The Bertz CT molecular complexity index is 362. The van der Waals surface area contributed by atoms with Gasteiger partial charge in [-0.15, -0.1) is 0 Å². The highest BCUT2D eigenvalue weighted by molar-refractivity contribution is 5.84. The van der Waals surface area contributed by atoms with Gasteiger partial charge in [0.15, 0.2) is 0 Å². The molecule has 0 aliphatic rings. The standard InChI is InChI=1S/C12H15NO3/c1-9(14)7-11(13)12(15)16-8-10-5-3-2-4-6-10/h2-6,11H,7-8,13H2,1H3/t11-/m1/s1. The first-order chi connectivity index (χ1) is 7.59. The highest BCUT2D eigenvalue weighted by Gasteiger charge is 2.16. The van der Waals surface area contributed by atoms with Crippen molar-refractivity contribution in [1.29, 1.82) is 0 Å². The van der Waals surface area contributed by atoms with Crippen molar-refractivity contribution in [1.82, 2.24) is 0 Å². The zero-order chi connectivity index (χ0) is 12.0. The molecule has 1 atom stereocenters. The molecule has 0 unspecified atom stereocenters. The van der Waals surface area contributed by atoms with Crippen LogP contribution in [0.25, 0.3) is 0 Å². The number of rotatable bonds is 5. The van der Waals surface area contributed by atoms with Gasteiger partial charge in [-0.05, 0) is 12.5 Å². The minimum absolute atomic E-state index is 0.0215. The molecule has 0 fully saturated rings. The first-order valence-electron chi connectivity index (χ1n) is 5.05. The Morgan fingerprint density at radius 2 is 1.94 bits per heavy atom. The van der Waals surface area contributed by atoms with E-state index in [2.05, 4.69) is 0 Å². The van der Waals surface area contributed by atoms with Crippen LogP contribution in [0.15, 0.2) is 30.3 Å². The molecule has 1 aromatic carbocycles. The van der Waals surface area contributed by atoms with Crippen LogP contribution in [0.2, 0.25) is 0 Å². The fourth-order valence-electron chi connectivity index (χ4n) is 1.23. The first-order valence-corrected chi connectivity index (χ1v) is 5.05. The Kier molecular flexibility index (Phi) is 4.66. The van der Waals surface area contributed by atoms with Gasteiger partial charge in [-0.2, -0.15) is 0 Å². The van der Waals surface area contributed by atoms with Crippen molar-refractivity contribution in [3.05, 3.63) is 35.9 Å². The molecule has 0 bridgehead atoms. The van der Waals surface area contributed by atoms with E-state index in [-0.39, 0.29) is 18.8 Å². The molecule has 0 aliphatic carbocycles. The first kappa shape index (κ1) is 12.4. The summed E-state index contributed by atoms with van der Waals surface area (Å²) in [6, 6.07) is 8.44. The largest absolute Gasteiger partial charge is 0.460 e. The average Bonchev–Trinajstić information content (AvgIpc) is 2.26. The van der Waals surface area contributed by atoms with Crippen molar-refractivity contribution in [2.45, 2.75) is 26.0 Å². The fourth-order valence-corrected chi connectivity index (χ4v) is 1.23. The monoisotopic (exact) mass is 221 g/mol. The number of ketones is 1. The molecule has 0 heterocycles. The summed E-state index contributed by atoms with van der Waals surface area (Å²) in [6.07, 6.45) is 0.0215. The third-order valence-corrected chi connectivity index (χ3v) is 2.03. The van der Waals surface area contributed by atoms with Gasteiger partial charge in [0.05, 0.1) is 0 Å². The van der Waals surface area contributed by atoms with E-state index in [9.17, 15) is 9.59 Å². The topological polar surface area (TPSA) is 69.4 Å². The number of hydrogen-bond donors (Lipinski definition) is 1. The van der Waals surface area contributed by atoms with Crippen LogP contribution in [-0.4, -0.2) is 17.8 Å². The maximum absolute atomic E-state index is 11.4. The van der Waals surface area contributed by atoms with Crippen molar-refractivity contribution >= 4 is 11.8 Å². The molecule has 2 N–H and O–H groups in total. The van der Waals surface area contributed by atoms with Gasteiger partial charge >= 0.3 is 5.97 Å². The van der Waals surface area contributed by atoms with Gasteiger partial charge in [0, 0.05) is 6.42 Å². The van der Waals surface area contributed by atoms with Crippen molar-refractivity contribution in [2.75, 3.05) is 0 Å². The molecule has 0 radical (unpaired) electrons. The molecule has 4 nitrogen and oxygen atoms in total. The van der Waals surface area contributed by atoms with Crippen LogP contribution in [0.3, 0.4) is 0 Å². The molecule has 0 aliphatic heterocycles. The summed E-state index contributed by atoms with van der Waals surface area (Å²) in [4.78, 5) is 22.1. The number of carbonyl (C=O) groups is 2. The second-order valence-electron chi connectivity index (χ2n) is 3.61. The van der Waals surface area contributed by atoms with E-state index in [1.165, 1.54) is 6.92 Å². The Labute approximate surface area is 94.4 Å². The van der Waals surface area contributed by atoms with Gasteiger partial charge in [-0.25, -0.2) is 0 Å². The van der Waals surface area contributed by atoms with Gasteiger partial charge in [-0.1, -0.05) is 30.3 Å². The number of esters is 1. The average molecular weight is 221 g/mol. The lowest BCUT2D eigenvalue weighted by Crippen LogP contribution is -2.33. The Morgan fingerprint density at radius 1 is 1.31 bits per heavy atom. The Hall–Kier alpha value is -1.68. The smallest absolute Gasteiger partial charge is 0.323 e. The predicted octanol–water partition coefficient (Wildman–Crippen LogP) is 1.04. The van der Waals surface area contributed by atoms with Gasteiger partial charge in [-0.3, -0.25) is 9.59 Å². The lowest BCUT2D eigenvalue weighted by molar-refractivity contribution is -0.147. The molecule has 0 saturated heterocycles. The molecule has 1 rings (SSSR count). The van der Waals surface area contributed by atoms with E-state index >= 15 is 0 Å². The van der Waals surface area contributed by atoms with Crippen LogP contribution in [-0.2, 0) is 20.9 Å². The maximum atomic E-state index is 11.4.